The SMILES string of the molecule is Cc1cc(C)n(CCC(=O)N2CCN(Cc3cccc(F)c3F)CC2)n1. The van der Waals surface area contributed by atoms with E-state index in [4.69, 9.17) is 0 Å². The van der Waals surface area contributed by atoms with E-state index in [2.05, 4.69) is 5.10 Å². The largest absolute Gasteiger partial charge is 0.340 e. The van der Waals surface area contributed by atoms with Crippen LogP contribution in [-0.2, 0) is 17.9 Å². The van der Waals surface area contributed by atoms with Crippen LogP contribution in [-0.4, -0.2) is 51.7 Å². The third-order valence-corrected chi connectivity index (χ3v) is 4.79. The Bertz CT molecular complexity index is 782. The topological polar surface area (TPSA) is 41.4 Å². The first-order valence-corrected chi connectivity index (χ1v) is 8.88. The number of aromatic nitrogens is 2. The lowest BCUT2D eigenvalue weighted by Crippen LogP contribution is -2.48. The predicted octanol–water partition coefficient (Wildman–Crippen LogP) is 2.51. The summed E-state index contributed by atoms with van der Waals surface area (Å²) in [5.74, 6) is -1.49. The lowest BCUT2D eigenvalue weighted by Gasteiger charge is -2.35. The number of benzene rings is 1. The average Bonchev–Trinajstić information content (AvgIpc) is 2.95. The summed E-state index contributed by atoms with van der Waals surface area (Å²) in [4.78, 5) is 16.3. The molecule has 0 spiro atoms. The fourth-order valence-electron chi connectivity index (χ4n) is 3.33. The molecule has 0 saturated carbocycles. The monoisotopic (exact) mass is 362 g/mol. The highest BCUT2D eigenvalue weighted by molar-refractivity contribution is 5.76. The van der Waals surface area contributed by atoms with Gasteiger partial charge in [0.1, 0.15) is 0 Å². The molecule has 1 fully saturated rings. The highest BCUT2D eigenvalue weighted by Gasteiger charge is 2.22. The van der Waals surface area contributed by atoms with Crippen LogP contribution in [0, 0.1) is 25.5 Å². The van der Waals surface area contributed by atoms with E-state index in [1.807, 2.05) is 34.4 Å². The van der Waals surface area contributed by atoms with Gasteiger partial charge in [-0.3, -0.25) is 14.4 Å². The van der Waals surface area contributed by atoms with Crippen molar-refractivity contribution in [3.63, 3.8) is 0 Å². The van der Waals surface area contributed by atoms with Gasteiger partial charge in [0.15, 0.2) is 11.6 Å². The summed E-state index contributed by atoms with van der Waals surface area (Å²) in [6.45, 7) is 7.37. The Labute approximate surface area is 152 Å². The van der Waals surface area contributed by atoms with Gasteiger partial charge in [-0.15, -0.1) is 0 Å². The molecule has 2 heterocycles. The van der Waals surface area contributed by atoms with E-state index in [9.17, 15) is 13.6 Å². The molecule has 0 radical (unpaired) electrons. The van der Waals surface area contributed by atoms with Gasteiger partial charge in [-0.1, -0.05) is 12.1 Å². The summed E-state index contributed by atoms with van der Waals surface area (Å²) in [7, 11) is 0. The van der Waals surface area contributed by atoms with Crippen molar-refractivity contribution in [1.82, 2.24) is 19.6 Å². The number of carbonyl (C=O) groups is 1. The summed E-state index contributed by atoms with van der Waals surface area (Å²) in [5, 5.41) is 4.37. The predicted molar refractivity (Wildman–Crippen MR) is 94.5 cm³/mol. The molecule has 1 amide bonds. The molecule has 3 rings (SSSR count). The van der Waals surface area contributed by atoms with Crippen LogP contribution in [0.25, 0.3) is 0 Å². The number of hydrogen-bond donors (Lipinski definition) is 0. The molecule has 2 aromatic rings. The summed E-state index contributed by atoms with van der Waals surface area (Å²) in [6.07, 6.45) is 0.417. The molecule has 0 bridgehead atoms. The van der Waals surface area contributed by atoms with Crippen molar-refractivity contribution in [3.8, 4) is 0 Å². The molecule has 0 N–H and O–H groups in total. The minimum Gasteiger partial charge on any atom is -0.340 e. The first-order valence-electron chi connectivity index (χ1n) is 8.88. The van der Waals surface area contributed by atoms with Crippen LogP contribution in [0.5, 0.6) is 0 Å². The average molecular weight is 362 g/mol. The van der Waals surface area contributed by atoms with Crippen LogP contribution < -0.4 is 0 Å². The second-order valence-electron chi connectivity index (χ2n) is 6.77. The van der Waals surface area contributed by atoms with E-state index in [0.717, 1.165) is 17.5 Å². The molecule has 140 valence electrons. The molecule has 26 heavy (non-hydrogen) atoms. The van der Waals surface area contributed by atoms with Crippen molar-refractivity contribution in [1.29, 1.82) is 0 Å². The summed E-state index contributed by atoms with van der Waals surface area (Å²) >= 11 is 0. The zero-order valence-electron chi connectivity index (χ0n) is 15.2. The van der Waals surface area contributed by atoms with E-state index < -0.39 is 11.6 Å². The highest BCUT2D eigenvalue weighted by Crippen LogP contribution is 2.15. The number of halogens is 2. The number of aryl methyl sites for hydroxylation is 3. The van der Waals surface area contributed by atoms with E-state index in [1.54, 1.807) is 6.07 Å². The third-order valence-electron chi connectivity index (χ3n) is 4.79. The van der Waals surface area contributed by atoms with Crippen molar-refractivity contribution in [2.75, 3.05) is 26.2 Å². The molecule has 0 unspecified atom stereocenters. The third kappa shape index (κ3) is 4.27. The Morgan fingerprint density at radius 2 is 1.88 bits per heavy atom. The standard InChI is InChI=1S/C19H24F2N4O/c1-14-12-15(2)25(22-14)7-6-18(26)24-10-8-23(9-11-24)13-16-4-3-5-17(20)19(16)21/h3-5,12H,6-11,13H2,1-2H3. The number of piperazine rings is 1. The zero-order chi connectivity index (χ0) is 18.7. The van der Waals surface area contributed by atoms with Gasteiger partial charge in [-0.25, -0.2) is 8.78 Å². The second kappa shape index (κ2) is 7.95. The van der Waals surface area contributed by atoms with Crippen LogP contribution in [0.3, 0.4) is 0 Å². The van der Waals surface area contributed by atoms with Crippen LogP contribution in [0.15, 0.2) is 24.3 Å². The maximum absolute atomic E-state index is 13.8. The van der Waals surface area contributed by atoms with Gasteiger partial charge in [0.2, 0.25) is 5.91 Å². The number of nitrogens with zero attached hydrogens (tertiary/aromatic N) is 4. The number of rotatable bonds is 5. The lowest BCUT2D eigenvalue weighted by atomic mass is 10.1. The number of carbonyl (C=O) groups excluding carboxylic acids is 1. The molecule has 1 aliphatic rings. The van der Waals surface area contributed by atoms with E-state index in [1.165, 1.54) is 6.07 Å². The smallest absolute Gasteiger partial charge is 0.224 e. The molecular formula is C19H24F2N4O. The van der Waals surface area contributed by atoms with Gasteiger partial charge >= 0.3 is 0 Å². The fourth-order valence-corrected chi connectivity index (χ4v) is 3.33. The summed E-state index contributed by atoms with van der Waals surface area (Å²) < 4.78 is 28.9. The van der Waals surface area contributed by atoms with Crippen molar-refractivity contribution in [3.05, 3.63) is 52.9 Å². The van der Waals surface area contributed by atoms with E-state index in [-0.39, 0.29) is 5.91 Å². The first kappa shape index (κ1) is 18.5. The molecule has 0 atom stereocenters. The van der Waals surface area contributed by atoms with Gasteiger partial charge in [0.05, 0.1) is 5.69 Å². The minimum absolute atomic E-state index is 0.106. The quantitative estimate of drug-likeness (QED) is 0.821. The molecule has 7 heteroatoms. The Kier molecular flexibility index (Phi) is 5.66. The maximum atomic E-state index is 13.8. The number of amides is 1. The number of hydrogen-bond acceptors (Lipinski definition) is 3. The van der Waals surface area contributed by atoms with Gasteiger partial charge in [-0.2, -0.15) is 5.10 Å². The van der Waals surface area contributed by atoms with Crippen molar-refractivity contribution in [2.24, 2.45) is 0 Å². The Balaban J connectivity index is 1.48. The Morgan fingerprint density at radius 3 is 2.54 bits per heavy atom. The van der Waals surface area contributed by atoms with Crippen LogP contribution >= 0.6 is 0 Å². The lowest BCUT2D eigenvalue weighted by molar-refractivity contribution is -0.133. The fraction of sp³-hybridized carbons (Fsp3) is 0.474. The molecule has 1 aromatic carbocycles. The minimum atomic E-state index is -0.819. The Hall–Kier alpha value is -2.28. The second-order valence-corrected chi connectivity index (χ2v) is 6.77. The van der Waals surface area contributed by atoms with Crippen LogP contribution in [0.4, 0.5) is 8.78 Å². The van der Waals surface area contributed by atoms with Crippen LogP contribution in [0.2, 0.25) is 0 Å². The van der Waals surface area contributed by atoms with E-state index >= 15 is 0 Å². The zero-order valence-corrected chi connectivity index (χ0v) is 15.2. The molecule has 5 nitrogen and oxygen atoms in total. The first-order chi connectivity index (χ1) is 12.4. The molecule has 1 aliphatic heterocycles. The van der Waals surface area contributed by atoms with Crippen molar-refractivity contribution in [2.45, 2.75) is 33.4 Å². The van der Waals surface area contributed by atoms with Gasteiger partial charge in [-0.05, 0) is 26.0 Å². The van der Waals surface area contributed by atoms with E-state index in [0.29, 0.717) is 51.3 Å². The van der Waals surface area contributed by atoms with Gasteiger partial charge < -0.3 is 4.90 Å². The summed E-state index contributed by atoms with van der Waals surface area (Å²) in [6, 6.07) is 6.24. The van der Waals surface area contributed by atoms with Gasteiger partial charge in [0.25, 0.3) is 0 Å². The highest BCUT2D eigenvalue weighted by atomic mass is 19.2. The molecule has 1 aromatic heterocycles. The molecule has 1 saturated heterocycles. The van der Waals surface area contributed by atoms with Crippen molar-refractivity contribution < 1.29 is 13.6 Å². The van der Waals surface area contributed by atoms with Crippen molar-refractivity contribution >= 4 is 5.91 Å². The summed E-state index contributed by atoms with van der Waals surface area (Å²) in [5.41, 5.74) is 2.36. The van der Waals surface area contributed by atoms with Crippen LogP contribution in [0.1, 0.15) is 23.4 Å². The maximum Gasteiger partial charge on any atom is 0.224 e. The molecular weight excluding hydrogens is 338 g/mol. The van der Waals surface area contributed by atoms with Gasteiger partial charge in [0, 0.05) is 56.9 Å². The normalized spacial score (nSPS) is 15.5. The Morgan fingerprint density at radius 1 is 1.15 bits per heavy atom. The molecule has 0 aliphatic carbocycles.